The average molecular weight is 390 g/mol. The van der Waals surface area contributed by atoms with E-state index in [1.54, 1.807) is 16.0 Å². The fourth-order valence-corrected chi connectivity index (χ4v) is 4.57. The summed E-state index contributed by atoms with van der Waals surface area (Å²) in [5.74, 6) is 0.114. The van der Waals surface area contributed by atoms with E-state index < -0.39 is 0 Å². The van der Waals surface area contributed by atoms with E-state index in [0.717, 1.165) is 39.8 Å². The van der Waals surface area contributed by atoms with Crippen molar-refractivity contribution in [1.29, 1.82) is 0 Å². The highest BCUT2D eigenvalue weighted by Crippen LogP contribution is 2.33. The Kier molecular flexibility index (Phi) is 4.58. The number of hydrogen-bond acceptors (Lipinski definition) is 5. The number of aromatic nitrogens is 3. The quantitative estimate of drug-likeness (QED) is 0.690. The lowest BCUT2D eigenvalue weighted by Gasteiger charge is -2.34. The van der Waals surface area contributed by atoms with Gasteiger partial charge in [-0.25, -0.2) is 4.98 Å². The van der Waals surface area contributed by atoms with E-state index in [0.29, 0.717) is 24.7 Å². The van der Waals surface area contributed by atoms with Gasteiger partial charge in [0, 0.05) is 31.9 Å². The van der Waals surface area contributed by atoms with E-state index in [1.165, 1.54) is 0 Å². The molecule has 0 aliphatic carbocycles. The standard InChI is InChI=1S/C18H20ClN5OS/c1-12-10-13(2)24(21-12)11-16(25)22-6-8-23(9-7-22)18-20-17-14(19)4-3-5-15(17)26-18/h3-5,10H,6-9,11H2,1-2H3. The number of amides is 1. The Balaban J connectivity index is 1.41. The summed E-state index contributed by atoms with van der Waals surface area (Å²) in [5.41, 5.74) is 2.81. The molecule has 1 aromatic carbocycles. The number of anilines is 1. The normalized spacial score (nSPS) is 15.0. The molecule has 136 valence electrons. The van der Waals surface area contributed by atoms with Gasteiger partial charge in [0.1, 0.15) is 12.1 Å². The summed E-state index contributed by atoms with van der Waals surface area (Å²) >= 11 is 7.88. The third-order valence-corrected chi connectivity index (χ3v) is 6.04. The van der Waals surface area contributed by atoms with Gasteiger partial charge in [-0.15, -0.1) is 0 Å². The first-order valence-corrected chi connectivity index (χ1v) is 9.79. The predicted octanol–water partition coefficient (Wildman–Crippen LogP) is 3.11. The van der Waals surface area contributed by atoms with Crippen molar-refractivity contribution in [2.45, 2.75) is 20.4 Å². The number of nitrogens with zero attached hydrogens (tertiary/aromatic N) is 5. The van der Waals surface area contributed by atoms with E-state index >= 15 is 0 Å². The Hall–Kier alpha value is -2.12. The zero-order valence-electron chi connectivity index (χ0n) is 14.8. The molecule has 8 heteroatoms. The molecule has 0 saturated carbocycles. The molecule has 2 aromatic heterocycles. The van der Waals surface area contributed by atoms with Gasteiger partial charge < -0.3 is 9.80 Å². The van der Waals surface area contributed by atoms with Gasteiger partial charge in [0.05, 0.1) is 15.4 Å². The third kappa shape index (κ3) is 3.29. The van der Waals surface area contributed by atoms with Gasteiger partial charge in [-0.05, 0) is 32.0 Å². The van der Waals surface area contributed by atoms with E-state index in [9.17, 15) is 4.79 Å². The number of carbonyl (C=O) groups is 1. The summed E-state index contributed by atoms with van der Waals surface area (Å²) in [5, 5.41) is 6.03. The molecule has 3 aromatic rings. The van der Waals surface area contributed by atoms with Crippen molar-refractivity contribution in [3.8, 4) is 0 Å². The monoisotopic (exact) mass is 389 g/mol. The Morgan fingerprint density at radius 3 is 2.65 bits per heavy atom. The number of para-hydroxylation sites is 1. The molecule has 1 fully saturated rings. The lowest BCUT2D eigenvalue weighted by molar-refractivity contribution is -0.132. The summed E-state index contributed by atoms with van der Waals surface area (Å²) in [7, 11) is 0. The summed E-state index contributed by atoms with van der Waals surface area (Å²) in [4.78, 5) is 21.4. The summed E-state index contributed by atoms with van der Waals surface area (Å²) in [6.45, 7) is 7.17. The Labute approximate surface area is 161 Å². The third-order valence-electron chi connectivity index (χ3n) is 4.65. The van der Waals surface area contributed by atoms with Crippen LogP contribution in [-0.4, -0.2) is 51.8 Å². The molecule has 0 atom stereocenters. The number of aryl methyl sites for hydroxylation is 2. The average Bonchev–Trinajstić information content (AvgIpc) is 3.19. The number of rotatable bonds is 3. The van der Waals surface area contributed by atoms with Crippen LogP contribution in [0, 0.1) is 13.8 Å². The van der Waals surface area contributed by atoms with Crippen LogP contribution in [0.4, 0.5) is 5.13 Å². The maximum Gasteiger partial charge on any atom is 0.244 e. The molecule has 3 heterocycles. The Morgan fingerprint density at radius 1 is 1.23 bits per heavy atom. The zero-order valence-corrected chi connectivity index (χ0v) is 16.3. The number of thiazole rings is 1. The van der Waals surface area contributed by atoms with E-state index in [-0.39, 0.29) is 5.91 Å². The molecular weight excluding hydrogens is 370 g/mol. The lowest BCUT2D eigenvalue weighted by atomic mass is 10.3. The van der Waals surface area contributed by atoms with Gasteiger partial charge in [-0.1, -0.05) is 29.0 Å². The number of benzene rings is 1. The first-order chi connectivity index (χ1) is 12.5. The lowest BCUT2D eigenvalue weighted by Crippen LogP contribution is -2.49. The second-order valence-corrected chi connectivity index (χ2v) is 7.95. The van der Waals surface area contributed by atoms with Crippen molar-refractivity contribution in [3.63, 3.8) is 0 Å². The minimum Gasteiger partial charge on any atom is -0.345 e. The number of halogens is 1. The predicted molar refractivity (Wildman–Crippen MR) is 105 cm³/mol. The second kappa shape index (κ2) is 6.89. The molecule has 1 aliphatic heterocycles. The molecule has 1 aliphatic rings. The molecule has 0 unspecified atom stereocenters. The van der Waals surface area contributed by atoms with Crippen molar-refractivity contribution < 1.29 is 4.79 Å². The van der Waals surface area contributed by atoms with Crippen LogP contribution < -0.4 is 4.90 Å². The van der Waals surface area contributed by atoms with Gasteiger partial charge in [0.25, 0.3) is 0 Å². The van der Waals surface area contributed by atoms with Crippen LogP contribution in [0.15, 0.2) is 24.3 Å². The van der Waals surface area contributed by atoms with E-state index in [2.05, 4.69) is 15.0 Å². The minimum absolute atomic E-state index is 0.114. The van der Waals surface area contributed by atoms with Crippen LogP contribution in [0.1, 0.15) is 11.4 Å². The highest BCUT2D eigenvalue weighted by Gasteiger charge is 2.24. The summed E-state index contributed by atoms with van der Waals surface area (Å²) in [6, 6.07) is 7.84. The molecule has 1 saturated heterocycles. The SMILES string of the molecule is Cc1cc(C)n(CC(=O)N2CCN(c3nc4c(Cl)cccc4s3)CC2)n1. The van der Waals surface area contributed by atoms with E-state index in [1.807, 2.05) is 43.0 Å². The van der Waals surface area contributed by atoms with Crippen LogP contribution in [0.3, 0.4) is 0 Å². The number of hydrogen-bond donors (Lipinski definition) is 0. The second-order valence-electron chi connectivity index (χ2n) is 6.54. The van der Waals surface area contributed by atoms with Crippen LogP contribution in [0.25, 0.3) is 10.2 Å². The van der Waals surface area contributed by atoms with Gasteiger partial charge in [0.15, 0.2) is 5.13 Å². The van der Waals surface area contributed by atoms with Crippen molar-refractivity contribution in [2.75, 3.05) is 31.1 Å². The fraction of sp³-hybridized carbons (Fsp3) is 0.389. The van der Waals surface area contributed by atoms with Gasteiger partial charge in [0.2, 0.25) is 5.91 Å². The molecule has 0 bridgehead atoms. The highest BCUT2D eigenvalue weighted by molar-refractivity contribution is 7.22. The number of piperazine rings is 1. The first kappa shape index (κ1) is 17.3. The van der Waals surface area contributed by atoms with Crippen molar-refractivity contribution in [2.24, 2.45) is 0 Å². The largest absolute Gasteiger partial charge is 0.345 e. The number of carbonyl (C=O) groups excluding carboxylic acids is 1. The van der Waals surface area contributed by atoms with Crippen molar-refractivity contribution in [1.82, 2.24) is 19.7 Å². The molecule has 0 radical (unpaired) electrons. The maximum absolute atomic E-state index is 12.6. The van der Waals surface area contributed by atoms with Gasteiger partial charge in [-0.2, -0.15) is 5.10 Å². The Morgan fingerprint density at radius 2 is 2.00 bits per heavy atom. The van der Waals surface area contributed by atoms with E-state index in [4.69, 9.17) is 11.6 Å². The molecule has 1 amide bonds. The maximum atomic E-state index is 12.6. The van der Waals surface area contributed by atoms with Crippen molar-refractivity contribution in [3.05, 3.63) is 40.7 Å². The fourth-order valence-electron chi connectivity index (χ4n) is 3.25. The molecule has 0 N–H and O–H groups in total. The van der Waals surface area contributed by atoms with Crippen LogP contribution in [0.2, 0.25) is 5.02 Å². The van der Waals surface area contributed by atoms with Gasteiger partial charge >= 0.3 is 0 Å². The Bertz CT molecular complexity index is 958. The topological polar surface area (TPSA) is 54.3 Å². The molecule has 6 nitrogen and oxygen atoms in total. The molecular formula is C18H20ClN5OS. The molecule has 0 spiro atoms. The van der Waals surface area contributed by atoms with Crippen LogP contribution >= 0.6 is 22.9 Å². The summed E-state index contributed by atoms with van der Waals surface area (Å²) < 4.78 is 2.87. The van der Waals surface area contributed by atoms with Crippen LogP contribution in [-0.2, 0) is 11.3 Å². The van der Waals surface area contributed by atoms with Gasteiger partial charge in [-0.3, -0.25) is 9.48 Å². The molecule has 26 heavy (non-hydrogen) atoms. The van der Waals surface area contributed by atoms with Crippen molar-refractivity contribution >= 4 is 44.2 Å². The summed E-state index contributed by atoms with van der Waals surface area (Å²) in [6.07, 6.45) is 0. The van der Waals surface area contributed by atoms with Crippen LogP contribution in [0.5, 0.6) is 0 Å². The first-order valence-electron chi connectivity index (χ1n) is 8.60. The zero-order chi connectivity index (χ0) is 18.3. The molecule has 4 rings (SSSR count). The number of fused-ring (bicyclic) bond motifs is 1. The smallest absolute Gasteiger partial charge is 0.244 e. The minimum atomic E-state index is 0.114. The highest BCUT2D eigenvalue weighted by atomic mass is 35.5.